The van der Waals surface area contributed by atoms with Crippen LogP contribution in [-0.4, -0.2) is 12.7 Å². The molecule has 0 aliphatic carbocycles. The third-order valence-corrected chi connectivity index (χ3v) is 3.25. The molecule has 0 atom stereocenters. The van der Waals surface area contributed by atoms with Crippen molar-refractivity contribution in [1.29, 1.82) is 0 Å². The van der Waals surface area contributed by atoms with Crippen LogP contribution in [0.1, 0.15) is 19.4 Å². The monoisotopic (exact) mass is 304 g/mol. The molecule has 0 amide bonds. The van der Waals surface area contributed by atoms with Crippen LogP contribution in [0.4, 0.5) is 8.78 Å². The van der Waals surface area contributed by atoms with Crippen LogP contribution in [0, 0.1) is 0 Å². The molecule has 1 heterocycles. The molecule has 0 spiro atoms. The van der Waals surface area contributed by atoms with Gasteiger partial charge in [-0.3, -0.25) is 0 Å². The first kappa shape index (κ1) is 12.4. The summed E-state index contributed by atoms with van der Waals surface area (Å²) in [5.41, 5.74) is -1.27. The van der Waals surface area contributed by atoms with Gasteiger partial charge in [0.15, 0.2) is 28.8 Å². The normalized spacial score (nSPS) is 17.5. The predicted octanol–water partition coefficient (Wildman–Crippen LogP) is 4.24. The van der Waals surface area contributed by atoms with Crippen molar-refractivity contribution < 1.29 is 18.3 Å². The van der Waals surface area contributed by atoms with Crippen molar-refractivity contribution in [3.05, 3.63) is 28.0 Å². The van der Waals surface area contributed by atoms with Crippen molar-refractivity contribution in [3.63, 3.8) is 0 Å². The largest absolute Gasteiger partial charge is 0.493 e. The Bertz CT molecular complexity index is 509. The van der Waals surface area contributed by atoms with Crippen LogP contribution in [0.25, 0.3) is 5.83 Å². The lowest BCUT2D eigenvalue weighted by Gasteiger charge is -2.31. The summed E-state index contributed by atoms with van der Waals surface area (Å²) in [4.78, 5) is 0. The number of rotatable bonds is 1. The van der Waals surface area contributed by atoms with E-state index in [4.69, 9.17) is 9.47 Å². The number of halogens is 3. The summed E-state index contributed by atoms with van der Waals surface area (Å²) in [6.45, 7) is 2.93. The van der Waals surface area contributed by atoms with Gasteiger partial charge in [-0.2, -0.15) is 0 Å². The molecule has 5 heteroatoms. The number of fused-ring (bicyclic) bond motifs is 1. The van der Waals surface area contributed by atoms with Gasteiger partial charge in [0.1, 0.15) is 0 Å². The van der Waals surface area contributed by atoms with E-state index in [-0.39, 0.29) is 11.3 Å². The maximum absolute atomic E-state index is 14.0. The highest BCUT2D eigenvalue weighted by Gasteiger charge is 2.39. The quantitative estimate of drug-likeness (QED) is 0.773. The molecule has 2 rings (SSSR count). The Morgan fingerprint density at radius 1 is 1.29 bits per heavy atom. The van der Waals surface area contributed by atoms with Crippen molar-refractivity contribution in [1.82, 2.24) is 0 Å². The lowest BCUT2D eigenvalue weighted by atomic mass is 9.99. The number of methoxy groups -OCH3 is 1. The maximum Gasteiger partial charge on any atom is 0.179 e. The molecule has 0 aromatic heterocycles. The Balaban J connectivity index is 2.75. The van der Waals surface area contributed by atoms with Gasteiger partial charge in [0.2, 0.25) is 0 Å². The van der Waals surface area contributed by atoms with Crippen LogP contribution in [0.3, 0.4) is 0 Å². The van der Waals surface area contributed by atoms with Gasteiger partial charge in [-0.05, 0) is 41.9 Å². The molecular formula is C12H11BrF2O2. The van der Waals surface area contributed by atoms with E-state index >= 15 is 0 Å². The fourth-order valence-electron chi connectivity index (χ4n) is 1.68. The van der Waals surface area contributed by atoms with Crippen molar-refractivity contribution in [3.8, 4) is 11.5 Å². The minimum Gasteiger partial charge on any atom is -0.493 e. The molecular weight excluding hydrogens is 294 g/mol. The number of hydrogen-bond acceptors (Lipinski definition) is 2. The second kappa shape index (κ2) is 3.98. The third-order valence-electron chi connectivity index (χ3n) is 2.59. The minimum atomic E-state index is -1.33. The summed E-state index contributed by atoms with van der Waals surface area (Å²) in [6, 6.07) is 3.22. The molecule has 17 heavy (non-hydrogen) atoms. The lowest BCUT2D eigenvalue weighted by Crippen LogP contribution is -2.32. The zero-order chi connectivity index (χ0) is 12.8. The van der Waals surface area contributed by atoms with E-state index in [1.807, 2.05) is 0 Å². The molecule has 1 aliphatic heterocycles. The molecule has 1 aromatic rings. The highest BCUT2D eigenvalue weighted by atomic mass is 79.9. The van der Waals surface area contributed by atoms with Crippen molar-refractivity contribution >= 4 is 21.8 Å². The molecule has 0 fully saturated rings. The summed E-state index contributed by atoms with van der Waals surface area (Å²) in [5, 5.41) is 0. The van der Waals surface area contributed by atoms with Gasteiger partial charge in [0.25, 0.3) is 0 Å². The van der Waals surface area contributed by atoms with Gasteiger partial charge in [-0.25, -0.2) is 8.78 Å². The molecule has 0 radical (unpaired) electrons. The molecule has 1 aliphatic rings. The summed E-state index contributed by atoms with van der Waals surface area (Å²) in [5.74, 6) is -1.24. The third kappa shape index (κ3) is 1.82. The molecule has 0 unspecified atom stereocenters. The molecule has 0 N–H and O–H groups in total. The van der Waals surface area contributed by atoms with E-state index in [1.165, 1.54) is 21.0 Å². The fraction of sp³-hybridized carbons (Fsp3) is 0.333. The first-order chi connectivity index (χ1) is 7.88. The van der Waals surface area contributed by atoms with Gasteiger partial charge >= 0.3 is 0 Å². The highest BCUT2D eigenvalue weighted by Crippen LogP contribution is 2.49. The van der Waals surface area contributed by atoms with Gasteiger partial charge in [0, 0.05) is 4.47 Å². The lowest BCUT2D eigenvalue weighted by molar-refractivity contribution is 0.109. The number of ether oxygens (including phenoxy) is 2. The van der Waals surface area contributed by atoms with E-state index in [2.05, 4.69) is 15.9 Å². The topological polar surface area (TPSA) is 18.5 Å². The van der Waals surface area contributed by atoms with E-state index in [0.717, 1.165) is 0 Å². The number of benzene rings is 1. The Morgan fingerprint density at radius 2 is 1.94 bits per heavy atom. The van der Waals surface area contributed by atoms with Crippen molar-refractivity contribution in [2.45, 2.75) is 19.4 Å². The van der Waals surface area contributed by atoms with E-state index in [0.29, 0.717) is 10.2 Å². The molecule has 0 bridgehead atoms. The van der Waals surface area contributed by atoms with Crippen LogP contribution in [0.5, 0.6) is 11.5 Å². The van der Waals surface area contributed by atoms with Crippen LogP contribution in [-0.2, 0) is 0 Å². The van der Waals surface area contributed by atoms with Crippen molar-refractivity contribution in [2.24, 2.45) is 0 Å². The average molecular weight is 305 g/mol. The predicted molar refractivity (Wildman–Crippen MR) is 64.5 cm³/mol. The van der Waals surface area contributed by atoms with Gasteiger partial charge < -0.3 is 9.47 Å². The van der Waals surface area contributed by atoms with Gasteiger partial charge in [-0.15, -0.1) is 0 Å². The van der Waals surface area contributed by atoms with Crippen LogP contribution in [0.2, 0.25) is 0 Å². The van der Waals surface area contributed by atoms with Crippen LogP contribution >= 0.6 is 15.9 Å². The van der Waals surface area contributed by atoms with E-state index < -0.39 is 17.3 Å². The van der Waals surface area contributed by atoms with Crippen LogP contribution in [0.15, 0.2) is 22.4 Å². The molecule has 0 saturated carbocycles. The van der Waals surface area contributed by atoms with Gasteiger partial charge in [-0.1, -0.05) is 0 Å². The Morgan fingerprint density at radius 3 is 2.53 bits per heavy atom. The van der Waals surface area contributed by atoms with Crippen LogP contribution < -0.4 is 9.47 Å². The second-order valence-electron chi connectivity index (χ2n) is 4.19. The smallest absolute Gasteiger partial charge is 0.179 e. The van der Waals surface area contributed by atoms with Crippen molar-refractivity contribution in [2.75, 3.05) is 7.11 Å². The maximum atomic E-state index is 14.0. The minimum absolute atomic E-state index is 0.0566. The zero-order valence-corrected chi connectivity index (χ0v) is 11.2. The summed E-state index contributed by atoms with van der Waals surface area (Å²) < 4.78 is 38.7. The first-order valence-corrected chi connectivity index (χ1v) is 5.79. The second-order valence-corrected chi connectivity index (χ2v) is 5.05. The molecule has 1 aromatic carbocycles. The Labute approximate surface area is 106 Å². The molecule has 92 valence electrons. The molecule has 0 saturated heterocycles. The Hall–Kier alpha value is -1.10. The SMILES string of the molecule is COc1ccc(Br)c2c1OC(C)(C)C(F)=C2F. The highest BCUT2D eigenvalue weighted by molar-refractivity contribution is 9.10. The van der Waals surface area contributed by atoms with E-state index in [1.54, 1.807) is 12.1 Å². The summed E-state index contributed by atoms with van der Waals surface area (Å²) in [7, 11) is 1.45. The first-order valence-electron chi connectivity index (χ1n) is 5.00. The van der Waals surface area contributed by atoms with E-state index in [9.17, 15) is 8.78 Å². The summed E-state index contributed by atoms with van der Waals surface area (Å²) in [6.07, 6.45) is 0. The molecule has 2 nitrogen and oxygen atoms in total. The fourth-order valence-corrected chi connectivity index (χ4v) is 2.17. The number of hydrogen-bond donors (Lipinski definition) is 0. The standard InChI is InChI=1S/C12H11BrF2O2/c1-12(2)11(15)9(14)8-6(13)4-5-7(16-3)10(8)17-12/h4-5H,1-3H3. The van der Waals surface area contributed by atoms with Gasteiger partial charge in [0.05, 0.1) is 12.7 Å². The zero-order valence-electron chi connectivity index (χ0n) is 9.61. The average Bonchev–Trinajstić information content (AvgIpc) is 2.26. The Kier molecular flexibility index (Phi) is 2.89. The summed E-state index contributed by atoms with van der Waals surface area (Å²) >= 11 is 3.17.